The first-order valence-electron chi connectivity index (χ1n) is 3.69. The van der Waals surface area contributed by atoms with Crippen LogP contribution in [0.3, 0.4) is 0 Å². The zero-order valence-corrected chi connectivity index (χ0v) is 7.22. The van der Waals surface area contributed by atoms with E-state index in [1.54, 1.807) is 0 Å². The maximum absolute atomic E-state index is 10.9. The van der Waals surface area contributed by atoms with E-state index in [2.05, 4.69) is 4.74 Å². The molecule has 0 aromatic heterocycles. The molecule has 0 bridgehead atoms. The highest BCUT2D eigenvalue weighted by atomic mass is 16.5. The Hall–Kier alpha value is -0.860. The molecule has 11 heavy (non-hydrogen) atoms. The Morgan fingerprint density at radius 1 is 1.45 bits per heavy atom. The minimum absolute atomic E-state index is 0.0299. The van der Waals surface area contributed by atoms with E-state index < -0.39 is 0 Å². The molecule has 1 atom stereocenters. The number of carbonyl (C=O) groups is 2. The maximum Gasteiger partial charge on any atom is 0.309 e. The van der Waals surface area contributed by atoms with Crippen LogP contribution in [0.1, 0.15) is 26.7 Å². The second kappa shape index (κ2) is 4.88. The normalized spacial score (nSPS) is 12.3. The molecule has 0 N–H and O–H groups in total. The van der Waals surface area contributed by atoms with E-state index in [1.807, 2.05) is 6.92 Å². The number of carbonyl (C=O) groups excluding carboxylic acids is 2. The first-order valence-corrected chi connectivity index (χ1v) is 3.69. The van der Waals surface area contributed by atoms with Gasteiger partial charge in [-0.3, -0.25) is 4.79 Å². The average molecular weight is 158 g/mol. The fraction of sp³-hybridized carbons (Fsp3) is 0.750. The minimum Gasteiger partial charge on any atom is -0.469 e. The number of hydrogen-bond acceptors (Lipinski definition) is 3. The van der Waals surface area contributed by atoms with Gasteiger partial charge in [0.25, 0.3) is 0 Å². The molecule has 0 aromatic carbocycles. The molecule has 0 rings (SSSR count). The van der Waals surface area contributed by atoms with Gasteiger partial charge in [0.15, 0.2) is 0 Å². The van der Waals surface area contributed by atoms with Gasteiger partial charge < -0.3 is 9.53 Å². The van der Waals surface area contributed by atoms with Crippen molar-refractivity contribution in [2.45, 2.75) is 26.7 Å². The number of hydrogen-bond donors (Lipinski definition) is 0. The van der Waals surface area contributed by atoms with Gasteiger partial charge in [0.05, 0.1) is 13.0 Å². The summed E-state index contributed by atoms with van der Waals surface area (Å²) in [5.74, 6) is -0.512. The van der Waals surface area contributed by atoms with E-state index in [9.17, 15) is 9.59 Å². The van der Waals surface area contributed by atoms with Crippen molar-refractivity contribution >= 4 is 11.8 Å². The summed E-state index contributed by atoms with van der Waals surface area (Å²) in [6, 6.07) is 0. The summed E-state index contributed by atoms with van der Waals surface area (Å²) in [6.45, 7) is 3.34. The number of methoxy groups -OCH3 is 1. The molecule has 0 amide bonds. The zero-order chi connectivity index (χ0) is 8.85. The molecule has 0 radical (unpaired) electrons. The van der Waals surface area contributed by atoms with Crippen LogP contribution >= 0.6 is 0 Å². The molecule has 0 unspecified atom stereocenters. The quantitative estimate of drug-likeness (QED) is 0.577. The monoisotopic (exact) mass is 158 g/mol. The van der Waals surface area contributed by atoms with E-state index in [0.717, 1.165) is 0 Å². The lowest BCUT2D eigenvalue weighted by atomic mass is 10.0. The van der Waals surface area contributed by atoms with Gasteiger partial charge in [-0.1, -0.05) is 6.92 Å². The highest BCUT2D eigenvalue weighted by Gasteiger charge is 2.18. The SMILES string of the molecule is CC[C@H](CC(C)=O)C(=O)OC. The zero-order valence-electron chi connectivity index (χ0n) is 7.22. The van der Waals surface area contributed by atoms with Gasteiger partial charge >= 0.3 is 5.97 Å². The Morgan fingerprint density at radius 3 is 2.27 bits per heavy atom. The van der Waals surface area contributed by atoms with Crippen LogP contribution in [0.25, 0.3) is 0 Å². The summed E-state index contributed by atoms with van der Waals surface area (Å²) < 4.78 is 4.51. The van der Waals surface area contributed by atoms with E-state index in [4.69, 9.17) is 0 Å². The average Bonchev–Trinajstić information content (AvgIpc) is 1.98. The summed E-state index contributed by atoms with van der Waals surface area (Å²) in [5, 5.41) is 0. The molecular weight excluding hydrogens is 144 g/mol. The molecule has 0 aliphatic rings. The fourth-order valence-corrected chi connectivity index (χ4v) is 0.908. The highest BCUT2D eigenvalue weighted by molar-refractivity contribution is 5.82. The molecule has 0 aliphatic carbocycles. The molecule has 3 heteroatoms. The second-order valence-corrected chi connectivity index (χ2v) is 2.53. The fourth-order valence-electron chi connectivity index (χ4n) is 0.908. The predicted octanol–water partition coefficient (Wildman–Crippen LogP) is 1.16. The van der Waals surface area contributed by atoms with E-state index in [1.165, 1.54) is 14.0 Å². The van der Waals surface area contributed by atoms with Crippen LogP contribution in [-0.2, 0) is 14.3 Å². The lowest BCUT2D eigenvalue weighted by Crippen LogP contribution is -2.17. The van der Waals surface area contributed by atoms with Crippen LogP contribution in [0.2, 0.25) is 0 Å². The first kappa shape index (κ1) is 10.1. The summed E-state index contributed by atoms with van der Waals surface area (Å²) in [5.41, 5.74) is 0. The predicted molar refractivity (Wildman–Crippen MR) is 41.1 cm³/mol. The van der Waals surface area contributed by atoms with Crippen molar-refractivity contribution < 1.29 is 14.3 Å². The molecule has 0 saturated carbocycles. The number of Topliss-reactive ketones (excluding diaryl/α,β-unsaturated/α-hetero) is 1. The van der Waals surface area contributed by atoms with Crippen LogP contribution < -0.4 is 0 Å². The standard InChI is InChI=1S/C8H14O3/c1-4-7(5-6(2)9)8(10)11-3/h7H,4-5H2,1-3H3/t7-/m1/s1. The number of ketones is 1. The summed E-state index contributed by atoms with van der Waals surface area (Å²) >= 11 is 0. The lowest BCUT2D eigenvalue weighted by molar-refractivity contribution is -0.147. The van der Waals surface area contributed by atoms with Crippen molar-refractivity contribution in [2.24, 2.45) is 5.92 Å². The molecule has 0 aliphatic heterocycles. The Labute approximate surface area is 66.7 Å². The van der Waals surface area contributed by atoms with Crippen LogP contribution in [-0.4, -0.2) is 18.9 Å². The van der Waals surface area contributed by atoms with Crippen LogP contribution in [0.5, 0.6) is 0 Å². The second-order valence-electron chi connectivity index (χ2n) is 2.53. The maximum atomic E-state index is 10.9. The Bertz CT molecular complexity index is 151. The van der Waals surface area contributed by atoms with Crippen LogP contribution in [0.15, 0.2) is 0 Å². The molecule has 0 aromatic rings. The van der Waals surface area contributed by atoms with E-state index >= 15 is 0 Å². The smallest absolute Gasteiger partial charge is 0.309 e. The largest absolute Gasteiger partial charge is 0.469 e. The van der Waals surface area contributed by atoms with Crippen molar-refractivity contribution in [2.75, 3.05) is 7.11 Å². The van der Waals surface area contributed by atoms with Crippen molar-refractivity contribution in [1.29, 1.82) is 0 Å². The highest BCUT2D eigenvalue weighted by Crippen LogP contribution is 2.09. The Morgan fingerprint density at radius 2 is 2.00 bits per heavy atom. The molecule has 3 nitrogen and oxygen atoms in total. The minimum atomic E-state index is -0.289. The summed E-state index contributed by atoms with van der Waals surface area (Å²) in [4.78, 5) is 21.5. The van der Waals surface area contributed by atoms with Gasteiger partial charge in [0.2, 0.25) is 0 Å². The third-order valence-corrected chi connectivity index (χ3v) is 1.56. The Balaban J connectivity index is 3.94. The topological polar surface area (TPSA) is 43.4 Å². The van der Waals surface area contributed by atoms with E-state index in [-0.39, 0.29) is 17.7 Å². The molecule has 0 fully saturated rings. The van der Waals surface area contributed by atoms with Crippen molar-refractivity contribution in [1.82, 2.24) is 0 Å². The number of rotatable bonds is 4. The van der Waals surface area contributed by atoms with Gasteiger partial charge in [-0.2, -0.15) is 0 Å². The molecule has 0 heterocycles. The molecule has 0 saturated heterocycles. The molecule has 64 valence electrons. The van der Waals surface area contributed by atoms with Gasteiger partial charge in [0, 0.05) is 6.42 Å². The molecular formula is C8H14O3. The van der Waals surface area contributed by atoms with Crippen LogP contribution in [0, 0.1) is 5.92 Å². The lowest BCUT2D eigenvalue weighted by Gasteiger charge is -2.08. The number of esters is 1. The summed E-state index contributed by atoms with van der Waals surface area (Å²) in [7, 11) is 1.34. The van der Waals surface area contributed by atoms with Crippen LogP contribution in [0.4, 0.5) is 0 Å². The van der Waals surface area contributed by atoms with Gasteiger partial charge in [-0.25, -0.2) is 0 Å². The van der Waals surface area contributed by atoms with E-state index in [0.29, 0.717) is 12.8 Å². The summed E-state index contributed by atoms with van der Waals surface area (Å²) in [6.07, 6.45) is 0.954. The van der Waals surface area contributed by atoms with Crippen molar-refractivity contribution in [3.05, 3.63) is 0 Å². The van der Waals surface area contributed by atoms with Gasteiger partial charge in [-0.15, -0.1) is 0 Å². The third kappa shape index (κ3) is 3.75. The van der Waals surface area contributed by atoms with Gasteiger partial charge in [0.1, 0.15) is 5.78 Å². The third-order valence-electron chi connectivity index (χ3n) is 1.56. The van der Waals surface area contributed by atoms with Crippen molar-refractivity contribution in [3.63, 3.8) is 0 Å². The van der Waals surface area contributed by atoms with Crippen molar-refractivity contribution in [3.8, 4) is 0 Å². The first-order chi connectivity index (χ1) is 5.11. The number of ether oxygens (including phenoxy) is 1. The molecule has 0 spiro atoms. The Kier molecular flexibility index (Phi) is 4.50. The van der Waals surface area contributed by atoms with Gasteiger partial charge in [-0.05, 0) is 13.3 Å².